The van der Waals surface area contributed by atoms with E-state index in [2.05, 4.69) is 9.97 Å². The molecule has 2 atom stereocenters. The number of sulfonamides is 1. The summed E-state index contributed by atoms with van der Waals surface area (Å²) < 4.78 is 43.0. The van der Waals surface area contributed by atoms with Gasteiger partial charge in [0.05, 0.1) is 0 Å². The topological polar surface area (TPSA) is 86.7 Å². The molecule has 8 nitrogen and oxygen atoms in total. The summed E-state index contributed by atoms with van der Waals surface area (Å²) in [5.74, 6) is -0.107. The second-order valence-corrected chi connectivity index (χ2v) is 10.4. The van der Waals surface area contributed by atoms with E-state index in [1.165, 1.54) is 22.8 Å². The van der Waals surface area contributed by atoms with Gasteiger partial charge in [0.2, 0.25) is 15.9 Å². The largest absolute Gasteiger partial charge is 0.368 e. The SMILES string of the molecule is CC(=O)N1CCN(c2ccc(CN3C(C)CCC(c4ncccn4)S3(=O)=O)c(F)c2)CC1. The number of hydrogen-bond acceptors (Lipinski definition) is 6. The summed E-state index contributed by atoms with van der Waals surface area (Å²) in [6, 6.07) is 6.35. The number of anilines is 1. The number of aromatic nitrogens is 2. The third-order valence-corrected chi connectivity index (χ3v) is 8.66. The molecular weight excluding hydrogens is 433 g/mol. The molecule has 0 bridgehead atoms. The van der Waals surface area contributed by atoms with Crippen molar-refractivity contribution in [3.05, 3.63) is 53.9 Å². The maximum absolute atomic E-state index is 15.0. The van der Waals surface area contributed by atoms with Crippen LogP contribution in [0.1, 0.15) is 43.3 Å². The van der Waals surface area contributed by atoms with Gasteiger partial charge in [-0.15, -0.1) is 0 Å². The molecule has 1 amide bonds. The van der Waals surface area contributed by atoms with Crippen LogP contribution in [0.2, 0.25) is 0 Å². The molecule has 1 aromatic heterocycles. The molecule has 2 unspecified atom stereocenters. The fourth-order valence-corrected chi connectivity index (χ4v) is 6.47. The Morgan fingerprint density at radius 2 is 1.81 bits per heavy atom. The second kappa shape index (κ2) is 9.11. The normalized spacial score (nSPS) is 23.8. The van der Waals surface area contributed by atoms with Crippen molar-refractivity contribution >= 4 is 21.6 Å². The molecule has 2 aromatic rings. The van der Waals surface area contributed by atoms with Crippen molar-refractivity contribution in [1.82, 2.24) is 19.2 Å². The van der Waals surface area contributed by atoms with Gasteiger partial charge < -0.3 is 9.80 Å². The molecule has 0 aliphatic carbocycles. The van der Waals surface area contributed by atoms with Crippen LogP contribution in [-0.4, -0.2) is 65.7 Å². The highest BCUT2D eigenvalue weighted by atomic mass is 32.2. The van der Waals surface area contributed by atoms with E-state index in [0.29, 0.717) is 44.6 Å². The number of halogens is 1. The lowest BCUT2D eigenvalue weighted by molar-refractivity contribution is -0.129. The Morgan fingerprint density at radius 1 is 1.12 bits per heavy atom. The molecule has 0 saturated carbocycles. The fourth-order valence-electron chi connectivity index (χ4n) is 4.39. The molecule has 0 radical (unpaired) electrons. The zero-order valence-electron chi connectivity index (χ0n) is 18.3. The molecule has 2 aliphatic heterocycles. The quantitative estimate of drug-likeness (QED) is 0.695. The standard InChI is InChI=1S/C22H28FN5O3S/c1-16-4-7-21(22-24-8-3-9-25-22)32(30,31)28(16)15-18-5-6-19(14-20(18)23)27-12-10-26(11-13-27)17(2)29/h3,5-6,8-9,14,16,21H,4,7,10-13,15H2,1-2H3. The number of carbonyl (C=O) groups is 1. The van der Waals surface area contributed by atoms with Gasteiger partial charge in [-0.2, -0.15) is 4.31 Å². The van der Waals surface area contributed by atoms with E-state index in [0.717, 1.165) is 5.69 Å². The van der Waals surface area contributed by atoms with Crippen molar-refractivity contribution in [2.75, 3.05) is 31.1 Å². The number of benzene rings is 1. The molecule has 0 N–H and O–H groups in total. The first-order valence-electron chi connectivity index (χ1n) is 10.8. The Morgan fingerprint density at radius 3 is 2.44 bits per heavy atom. The monoisotopic (exact) mass is 461 g/mol. The van der Waals surface area contributed by atoms with Crippen molar-refractivity contribution in [1.29, 1.82) is 0 Å². The summed E-state index contributed by atoms with van der Waals surface area (Å²) in [6.07, 6.45) is 4.17. The van der Waals surface area contributed by atoms with Crippen LogP contribution in [0, 0.1) is 5.82 Å². The summed E-state index contributed by atoms with van der Waals surface area (Å²) in [4.78, 5) is 23.6. The van der Waals surface area contributed by atoms with Crippen molar-refractivity contribution in [3.63, 3.8) is 0 Å². The van der Waals surface area contributed by atoms with E-state index >= 15 is 4.39 Å². The maximum Gasteiger partial charge on any atom is 0.224 e. The molecule has 4 rings (SSSR count). The number of piperazine rings is 1. The van der Waals surface area contributed by atoms with E-state index in [4.69, 9.17) is 0 Å². The first kappa shape index (κ1) is 22.6. The molecule has 32 heavy (non-hydrogen) atoms. The minimum absolute atomic E-state index is 0.0307. The van der Waals surface area contributed by atoms with Gasteiger partial charge >= 0.3 is 0 Å². The first-order valence-corrected chi connectivity index (χ1v) is 12.3. The number of rotatable bonds is 4. The Balaban J connectivity index is 1.51. The van der Waals surface area contributed by atoms with Crippen LogP contribution in [0.25, 0.3) is 0 Å². The van der Waals surface area contributed by atoms with Gasteiger partial charge in [-0.05, 0) is 38.0 Å². The highest BCUT2D eigenvalue weighted by molar-refractivity contribution is 7.89. The summed E-state index contributed by atoms with van der Waals surface area (Å²) in [5, 5.41) is -0.820. The van der Waals surface area contributed by atoms with Crippen LogP contribution in [0.5, 0.6) is 0 Å². The van der Waals surface area contributed by atoms with E-state index in [1.54, 1.807) is 24.0 Å². The van der Waals surface area contributed by atoms with Crippen LogP contribution in [0.3, 0.4) is 0 Å². The lowest BCUT2D eigenvalue weighted by atomic mass is 10.1. The molecule has 172 valence electrons. The van der Waals surface area contributed by atoms with E-state index in [1.807, 2.05) is 17.9 Å². The highest BCUT2D eigenvalue weighted by Crippen LogP contribution is 2.37. The summed E-state index contributed by atoms with van der Waals surface area (Å²) in [7, 11) is -3.73. The van der Waals surface area contributed by atoms with E-state index in [-0.39, 0.29) is 24.3 Å². The summed E-state index contributed by atoms with van der Waals surface area (Å²) >= 11 is 0. The zero-order chi connectivity index (χ0) is 22.9. The average molecular weight is 462 g/mol. The highest BCUT2D eigenvalue weighted by Gasteiger charge is 2.42. The van der Waals surface area contributed by atoms with Crippen LogP contribution in [0.15, 0.2) is 36.7 Å². The van der Waals surface area contributed by atoms with Gasteiger partial charge in [0.25, 0.3) is 0 Å². The summed E-state index contributed by atoms with van der Waals surface area (Å²) in [5.41, 5.74) is 1.07. The second-order valence-electron chi connectivity index (χ2n) is 8.38. The van der Waals surface area contributed by atoms with Crippen LogP contribution in [0.4, 0.5) is 10.1 Å². The minimum Gasteiger partial charge on any atom is -0.368 e. The number of amides is 1. The average Bonchev–Trinajstić information content (AvgIpc) is 2.78. The Bertz CT molecular complexity index is 1070. The molecule has 1 aromatic carbocycles. The molecule has 10 heteroatoms. The Labute approximate surface area is 188 Å². The van der Waals surface area contributed by atoms with Crippen molar-refractivity contribution in [2.45, 2.75) is 44.5 Å². The Hall–Kier alpha value is -2.59. The molecule has 2 aliphatic rings. The van der Waals surface area contributed by atoms with Crippen molar-refractivity contribution < 1.29 is 17.6 Å². The third kappa shape index (κ3) is 4.47. The lowest BCUT2D eigenvalue weighted by Crippen LogP contribution is -2.48. The van der Waals surface area contributed by atoms with Crippen LogP contribution >= 0.6 is 0 Å². The van der Waals surface area contributed by atoms with Crippen LogP contribution in [-0.2, 0) is 21.4 Å². The van der Waals surface area contributed by atoms with Crippen molar-refractivity contribution in [3.8, 4) is 0 Å². The number of hydrogen-bond donors (Lipinski definition) is 0. The van der Waals surface area contributed by atoms with Gasteiger partial charge in [0, 0.05) is 69.3 Å². The van der Waals surface area contributed by atoms with Gasteiger partial charge in [-0.1, -0.05) is 6.07 Å². The lowest BCUT2D eigenvalue weighted by Gasteiger charge is -2.37. The third-order valence-electron chi connectivity index (χ3n) is 6.35. The van der Waals surface area contributed by atoms with Crippen molar-refractivity contribution in [2.24, 2.45) is 0 Å². The predicted molar refractivity (Wildman–Crippen MR) is 119 cm³/mol. The Kier molecular flexibility index (Phi) is 6.43. The van der Waals surface area contributed by atoms with Gasteiger partial charge in [-0.25, -0.2) is 22.8 Å². The molecule has 2 saturated heterocycles. The predicted octanol–water partition coefficient (Wildman–Crippen LogP) is 2.34. The van der Waals surface area contributed by atoms with E-state index < -0.39 is 21.1 Å². The molecule has 2 fully saturated rings. The first-order chi connectivity index (χ1) is 15.3. The summed E-state index contributed by atoms with van der Waals surface area (Å²) in [6.45, 7) is 5.84. The smallest absolute Gasteiger partial charge is 0.224 e. The maximum atomic E-state index is 15.0. The van der Waals surface area contributed by atoms with Crippen LogP contribution < -0.4 is 4.90 Å². The van der Waals surface area contributed by atoms with Gasteiger partial charge in [0.15, 0.2) is 0 Å². The fraction of sp³-hybridized carbons (Fsp3) is 0.500. The molecule has 0 spiro atoms. The molecular formula is C22H28FN5O3S. The van der Waals surface area contributed by atoms with Gasteiger partial charge in [0.1, 0.15) is 16.9 Å². The molecule has 3 heterocycles. The number of nitrogens with zero attached hydrogens (tertiary/aromatic N) is 5. The zero-order valence-corrected chi connectivity index (χ0v) is 19.1. The minimum atomic E-state index is -3.73. The number of carbonyl (C=O) groups excluding carboxylic acids is 1. The van der Waals surface area contributed by atoms with E-state index in [9.17, 15) is 13.2 Å². The van der Waals surface area contributed by atoms with Gasteiger partial charge in [-0.3, -0.25) is 4.79 Å².